The van der Waals surface area contributed by atoms with Crippen LogP contribution in [-0.4, -0.2) is 120 Å². The molecule has 0 saturated carbocycles. The SMILES string of the molecule is COC/C=C/C(=O)N1CCN(c2nc(OC[C@H]3C[C@@H](OC)CN3C)nc3c2CCN(c2cccc4cccc(C)c24)C3)C[C@@]1([SiH3])CC#N. The lowest BCUT2D eigenvalue weighted by atomic mass is 9.99. The molecule has 2 aromatic carbocycles. The minimum absolute atomic E-state index is 0.0817. The number of fused-ring (bicyclic) bond motifs is 2. The van der Waals surface area contributed by atoms with Crippen molar-refractivity contribution in [2.24, 2.45) is 0 Å². The van der Waals surface area contributed by atoms with E-state index in [4.69, 9.17) is 24.2 Å². The van der Waals surface area contributed by atoms with Crippen LogP contribution in [0, 0.1) is 18.3 Å². The van der Waals surface area contributed by atoms with Crippen molar-refractivity contribution < 1.29 is 19.0 Å². The molecule has 3 aliphatic heterocycles. The number of likely N-dealkylation sites (N-methyl/N-ethyl adjacent to an activating group) is 1. The Morgan fingerprint density at radius 2 is 1.96 bits per heavy atom. The maximum Gasteiger partial charge on any atom is 0.318 e. The molecule has 2 saturated heterocycles. The monoisotopic (exact) mass is 669 g/mol. The Morgan fingerprint density at radius 1 is 1.15 bits per heavy atom. The molecule has 0 bridgehead atoms. The fraction of sp³-hybridized carbons (Fsp3) is 0.500. The summed E-state index contributed by atoms with van der Waals surface area (Å²) in [6.45, 7) is 6.98. The van der Waals surface area contributed by atoms with Gasteiger partial charge < -0.3 is 28.9 Å². The van der Waals surface area contributed by atoms with Crippen molar-refractivity contribution in [3.05, 3.63) is 65.4 Å². The Morgan fingerprint density at radius 3 is 2.71 bits per heavy atom. The molecule has 0 N–H and O–H groups in total. The highest BCUT2D eigenvalue weighted by atomic mass is 28.1. The predicted octanol–water partition coefficient (Wildman–Crippen LogP) is 2.43. The summed E-state index contributed by atoms with van der Waals surface area (Å²) in [5.74, 6) is 0.778. The van der Waals surface area contributed by atoms with E-state index in [1.165, 1.54) is 22.0 Å². The van der Waals surface area contributed by atoms with Crippen LogP contribution in [0.1, 0.15) is 29.7 Å². The number of ether oxygens (including phenoxy) is 3. The minimum Gasteiger partial charge on any atom is -0.462 e. The van der Waals surface area contributed by atoms with E-state index >= 15 is 0 Å². The molecule has 2 fully saturated rings. The third-order valence-electron chi connectivity index (χ3n) is 10.2. The van der Waals surface area contributed by atoms with Gasteiger partial charge in [-0.2, -0.15) is 15.2 Å². The summed E-state index contributed by atoms with van der Waals surface area (Å²) in [6, 6.07) is 15.9. The number of rotatable bonds is 10. The molecule has 3 aromatic rings. The van der Waals surface area contributed by atoms with Crippen LogP contribution in [0.3, 0.4) is 0 Å². The van der Waals surface area contributed by atoms with Crippen LogP contribution in [0.15, 0.2) is 48.6 Å². The molecule has 0 unspecified atom stereocenters. The highest BCUT2D eigenvalue weighted by molar-refractivity contribution is 6.18. The number of methoxy groups -OCH3 is 2. The number of aromatic nitrogens is 2. The lowest BCUT2D eigenvalue weighted by molar-refractivity contribution is -0.130. The van der Waals surface area contributed by atoms with Gasteiger partial charge in [0.25, 0.3) is 0 Å². The Balaban J connectivity index is 1.33. The molecule has 1 aromatic heterocycles. The molecule has 3 aliphatic rings. The molecular formula is C36H47N7O4Si. The first-order chi connectivity index (χ1) is 23.2. The first-order valence-electron chi connectivity index (χ1n) is 16.8. The topological polar surface area (TPSA) is 107 Å². The largest absolute Gasteiger partial charge is 0.462 e. The summed E-state index contributed by atoms with van der Waals surface area (Å²) < 4.78 is 17.1. The van der Waals surface area contributed by atoms with Crippen molar-refractivity contribution in [1.29, 1.82) is 5.26 Å². The summed E-state index contributed by atoms with van der Waals surface area (Å²) in [6.07, 6.45) is 5.42. The van der Waals surface area contributed by atoms with Gasteiger partial charge in [0.15, 0.2) is 0 Å². The summed E-state index contributed by atoms with van der Waals surface area (Å²) in [4.78, 5) is 32.2. The van der Waals surface area contributed by atoms with Crippen LogP contribution in [0.4, 0.5) is 11.5 Å². The second kappa shape index (κ2) is 14.6. The quantitative estimate of drug-likeness (QED) is 0.236. The summed E-state index contributed by atoms with van der Waals surface area (Å²) in [5.41, 5.74) is 4.54. The zero-order chi connectivity index (χ0) is 33.8. The first-order valence-corrected chi connectivity index (χ1v) is 17.8. The molecule has 254 valence electrons. The van der Waals surface area contributed by atoms with Crippen LogP contribution in [0.25, 0.3) is 10.8 Å². The standard InChI is InChI=1S/C36H47N7O4Si/c1-25-8-5-9-26-10-6-11-31(33(25)26)41-16-13-29-30(22-41)38-35(47-23-27-20-28(46-4)21-40(27)2)39-34(29)42-17-18-43(32(44)12-7-19-45-3)36(48,24-42)14-15-37/h5-12,27-28H,13-14,16-24H2,1-4,48H3/b12-7+/t27-,28-,36+/m1/s1. The second-order valence-electron chi connectivity index (χ2n) is 13.5. The van der Waals surface area contributed by atoms with E-state index in [1.807, 2.05) is 4.90 Å². The molecular weight excluding hydrogens is 623 g/mol. The van der Waals surface area contributed by atoms with Gasteiger partial charge in [-0.25, -0.2) is 0 Å². The van der Waals surface area contributed by atoms with E-state index in [0.717, 1.165) is 43.0 Å². The molecule has 12 heteroatoms. The van der Waals surface area contributed by atoms with Gasteiger partial charge in [0.2, 0.25) is 5.91 Å². The van der Waals surface area contributed by atoms with Gasteiger partial charge in [-0.05, 0) is 43.8 Å². The van der Waals surface area contributed by atoms with Gasteiger partial charge in [-0.1, -0.05) is 36.4 Å². The highest BCUT2D eigenvalue weighted by Gasteiger charge is 2.41. The van der Waals surface area contributed by atoms with Crippen molar-refractivity contribution in [3.63, 3.8) is 0 Å². The number of nitriles is 1. The molecule has 4 heterocycles. The Hall–Kier alpha value is -4.02. The lowest BCUT2D eigenvalue weighted by Gasteiger charge is -2.49. The normalized spacial score (nSPS) is 23.2. The van der Waals surface area contributed by atoms with E-state index in [9.17, 15) is 10.1 Å². The molecule has 0 radical (unpaired) electrons. The van der Waals surface area contributed by atoms with Crippen LogP contribution in [-0.2, 0) is 27.2 Å². The Labute approximate surface area is 286 Å². The van der Waals surface area contributed by atoms with Gasteiger partial charge in [-0.15, -0.1) is 0 Å². The number of hydrogen-bond acceptors (Lipinski definition) is 10. The number of piperazine rings is 1. The number of anilines is 2. The number of amides is 1. The average Bonchev–Trinajstić information content (AvgIpc) is 3.45. The number of carbonyl (C=O) groups is 1. The number of benzene rings is 2. The number of nitrogens with zero attached hydrogens (tertiary/aromatic N) is 7. The first kappa shape index (κ1) is 33.9. The van der Waals surface area contributed by atoms with Gasteiger partial charge in [0.05, 0.1) is 42.6 Å². The van der Waals surface area contributed by atoms with Crippen LogP contribution >= 0.6 is 0 Å². The summed E-state index contributed by atoms with van der Waals surface area (Å²) in [5, 5.41) is 11.8. The second-order valence-corrected chi connectivity index (χ2v) is 15.3. The van der Waals surface area contributed by atoms with E-state index in [1.54, 1.807) is 26.4 Å². The minimum atomic E-state index is -0.566. The highest BCUT2D eigenvalue weighted by Crippen LogP contribution is 2.37. The molecule has 3 atom stereocenters. The molecule has 0 aliphatic carbocycles. The van der Waals surface area contributed by atoms with E-state index in [-0.39, 0.29) is 24.5 Å². The maximum absolute atomic E-state index is 13.3. The van der Waals surface area contributed by atoms with Crippen molar-refractivity contribution in [2.45, 2.75) is 50.0 Å². The molecule has 1 amide bonds. The van der Waals surface area contributed by atoms with Gasteiger partial charge >= 0.3 is 6.01 Å². The lowest BCUT2D eigenvalue weighted by Crippen LogP contribution is -2.64. The number of carbonyl (C=O) groups excluding carboxylic acids is 1. The van der Waals surface area contributed by atoms with E-state index in [2.05, 4.69) is 71.1 Å². The predicted molar refractivity (Wildman–Crippen MR) is 191 cm³/mol. The van der Waals surface area contributed by atoms with Crippen LogP contribution < -0.4 is 14.5 Å². The smallest absolute Gasteiger partial charge is 0.318 e. The molecule has 6 rings (SSSR count). The molecule has 0 spiro atoms. The summed E-state index contributed by atoms with van der Waals surface area (Å²) in [7, 11) is 6.09. The van der Waals surface area contributed by atoms with Crippen molar-refractivity contribution in [1.82, 2.24) is 19.8 Å². The Bertz CT molecular complexity index is 1710. The molecule has 11 nitrogen and oxygen atoms in total. The van der Waals surface area contributed by atoms with Gasteiger partial charge in [0, 0.05) is 85.9 Å². The van der Waals surface area contributed by atoms with Gasteiger partial charge in [-0.3, -0.25) is 9.69 Å². The zero-order valence-electron chi connectivity index (χ0n) is 28.8. The third kappa shape index (κ3) is 6.91. The van der Waals surface area contributed by atoms with E-state index in [0.29, 0.717) is 55.6 Å². The number of likely N-dealkylation sites (tertiary alicyclic amines) is 1. The van der Waals surface area contributed by atoms with Crippen LogP contribution in [0.5, 0.6) is 6.01 Å². The van der Waals surface area contributed by atoms with Crippen molar-refractivity contribution >= 4 is 38.4 Å². The Kier molecular flexibility index (Phi) is 10.3. The zero-order valence-corrected chi connectivity index (χ0v) is 30.8. The maximum atomic E-state index is 13.3. The molecule has 48 heavy (non-hydrogen) atoms. The fourth-order valence-electron chi connectivity index (χ4n) is 7.53. The van der Waals surface area contributed by atoms with E-state index < -0.39 is 5.16 Å². The van der Waals surface area contributed by atoms with Crippen LogP contribution in [0.2, 0.25) is 0 Å². The fourth-order valence-corrected chi connectivity index (χ4v) is 8.52. The average molecular weight is 670 g/mol. The summed E-state index contributed by atoms with van der Waals surface area (Å²) >= 11 is 0. The van der Waals surface area contributed by atoms with Gasteiger partial charge in [0.1, 0.15) is 12.4 Å². The number of aryl methyl sites for hydroxylation is 1. The van der Waals surface area contributed by atoms with Crippen molar-refractivity contribution in [2.75, 3.05) is 77.0 Å². The third-order valence-corrected chi connectivity index (χ3v) is 11.4. The number of hydrogen-bond donors (Lipinski definition) is 0. The van der Waals surface area contributed by atoms with Crippen molar-refractivity contribution in [3.8, 4) is 12.1 Å².